The first-order valence-electron chi connectivity index (χ1n) is 8.21. The molecule has 0 amide bonds. The Labute approximate surface area is 111 Å². The molecule has 4 saturated carbocycles. The van der Waals surface area contributed by atoms with E-state index in [9.17, 15) is 0 Å². The minimum atomic E-state index is 0.510. The van der Waals surface area contributed by atoms with Crippen LogP contribution in [0.25, 0.3) is 0 Å². The van der Waals surface area contributed by atoms with Gasteiger partial charge in [0.2, 0.25) is 0 Å². The lowest BCUT2D eigenvalue weighted by molar-refractivity contribution is -0.0885. The van der Waals surface area contributed by atoms with Crippen molar-refractivity contribution < 1.29 is 4.74 Å². The van der Waals surface area contributed by atoms with Crippen LogP contribution in [0.5, 0.6) is 0 Å². The molecule has 1 unspecified atom stereocenters. The van der Waals surface area contributed by atoms with Gasteiger partial charge in [-0.1, -0.05) is 0 Å². The molecule has 1 saturated heterocycles. The van der Waals surface area contributed by atoms with E-state index in [0.717, 1.165) is 42.7 Å². The average molecular weight is 249 g/mol. The van der Waals surface area contributed by atoms with Crippen LogP contribution < -0.4 is 5.32 Å². The summed E-state index contributed by atoms with van der Waals surface area (Å²) in [6, 6.07) is 0. The fourth-order valence-electron chi connectivity index (χ4n) is 5.52. The summed E-state index contributed by atoms with van der Waals surface area (Å²) in [7, 11) is 0. The fourth-order valence-corrected chi connectivity index (χ4v) is 5.52. The van der Waals surface area contributed by atoms with E-state index < -0.39 is 0 Å². The summed E-state index contributed by atoms with van der Waals surface area (Å²) in [6.07, 6.45) is 10.8. The minimum Gasteiger partial charge on any atom is -0.377 e. The highest BCUT2D eigenvalue weighted by atomic mass is 16.5. The zero-order chi connectivity index (χ0) is 11.9. The Morgan fingerprint density at radius 2 is 1.67 bits per heavy atom. The molecule has 4 bridgehead atoms. The molecule has 0 aromatic heterocycles. The number of rotatable bonds is 3. The number of hydrogen-bond donors (Lipinski definition) is 1. The number of hydrogen-bond acceptors (Lipinski definition) is 2. The molecule has 0 radical (unpaired) electrons. The molecule has 102 valence electrons. The van der Waals surface area contributed by atoms with E-state index in [4.69, 9.17) is 4.74 Å². The van der Waals surface area contributed by atoms with Crippen LogP contribution in [0, 0.1) is 29.6 Å². The third kappa shape index (κ3) is 2.12. The normalized spacial score (nSPS) is 50.7. The second-order valence-corrected chi connectivity index (χ2v) is 7.40. The number of ether oxygens (including phenoxy) is 1. The average Bonchev–Trinajstić information content (AvgIpc) is 2.38. The van der Waals surface area contributed by atoms with Crippen LogP contribution in [-0.2, 0) is 4.74 Å². The van der Waals surface area contributed by atoms with Crippen molar-refractivity contribution in [1.82, 2.24) is 5.32 Å². The highest BCUT2D eigenvalue weighted by Crippen LogP contribution is 2.56. The van der Waals surface area contributed by atoms with Gasteiger partial charge in [0.05, 0.1) is 12.7 Å². The molecule has 4 aliphatic carbocycles. The van der Waals surface area contributed by atoms with Crippen LogP contribution in [0.4, 0.5) is 0 Å². The largest absolute Gasteiger partial charge is 0.377 e. The molecule has 5 rings (SSSR count). The lowest BCUT2D eigenvalue weighted by atomic mass is 9.52. The lowest BCUT2D eigenvalue weighted by Crippen LogP contribution is -2.47. The SMILES string of the molecule is C1CNCC(OCC2C3CC4CC(C3)CC2C4)C1. The van der Waals surface area contributed by atoms with Crippen LogP contribution >= 0.6 is 0 Å². The van der Waals surface area contributed by atoms with Gasteiger partial charge in [-0.3, -0.25) is 0 Å². The van der Waals surface area contributed by atoms with Crippen molar-refractivity contribution in [2.45, 2.75) is 51.0 Å². The Morgan fingerprint density at radius 3 is 2.28 bits per heavy atom. The van der Waals surface area contributed by atoms with Crippen LogP contribution in [-0.4, -0.2) is 25.8 Å². The lowest BCUT2D eigenvalue weighted by Gasteiger charge is -2.54. The van der Waals surface area contributed by atoms with Gasteiger partial charge in [0.1, 0.15) is 0 Å². The zero-order valence-corrected chi connectivity index (χ0v) is 11.4. The molecule has 5 fully saturated rings. The van der Waals surface area contributed by atoms with Crippen molar-refractivity contribution in [2.24, 2.45) is 29.6 Å². The summed E-state index contributed by atoms with van der Waals surface area (Å²) in [5.74, 6) is 5.16. The van der Waals surface area contributed by atoms with Crippen molar-refractivity contribution in [3.63, 3.8) is 0 Å². The molecule has 0 aromatic rings. The predicted octanol–water partition coefficient (Wildman–Crippen LogP) is 2.83. The van der Waals surface area contributed by atoms with Gasteiger partial charge in [-0.05, 0) is 81.1 Å². The van der Waals surface area contributed by atoms with E-state index in [1.54, 1.807) is 6.42 Å². The predicted molar refractivity (Wildman–Crippen MR) is 72.4 cm³/mol. The molecule has 0 aromatic carbocycles. The van der Waals surface area contributed by atoms with Gasteiger partial charge >= 0.3 is 0 Å². The Bertz CT molecular complexity index is 269. The minimum absolute atomic E-state index is 0.510. The van der Waals surface area contributed by atoms with E-state index in [1.165, 1.54) is 45.1 Å². The summed E-state index contributed by atoms with van der Waals surface area (Å²) in [5.41, 5.74) is 0. The van der Waals surface area contributed by atoms with E-state index in [1.807, 2.05) is 0 Å². The van der Waals surface area contributed by atoms with Crippen molar-refractivity contribution >= 4 is 0 Å². The van der Waals surface area contributed by atoms with Gasteiger partial charge in [0, 0.05) is 6.54 Å². The second kappa shape index (κ2) is 4.79. The molecular formula is C16H27NO. The maximum absolute atomic E-state index is 6.25. The van der Waals surface area contributed by atoms with Gasteiger partial charge in [-0.2, -0.15) is 0 Å². The smallest absolute Gasteiger partial charge is 0.0700 e. The fraction of sp³-hybridized carbons (Fsp3) is 1.00. The topological polar surface area (TPSA) is 21.3 Å². The van der Waals surface area contributed by atoms with Gasteiger partial charge < -0.3 is 10.1 Å². The van der Waals surface area contributed by atoms with Crippen LogP contribution in [0.3, 0.4) is 0 Å². The molecule has 1 heterocycles. The van der Waals surface area contributed by atoms with Gasteiger partial charge in [-0.25, -0.2) is 0 Å². The van der Waals surface area contributed by atoms with E-state index in [-0.39, 0.29) is 0 Å². The maximum atomic E-state index is 6.25. The van der Waals surface area contributed by atoms with Crippen molar-refractivity contribution in [3.05, 3.63) is 0 Å². The summed E-state index contributed by atoms with van der Waals surface area (Å²) in [6.45, 7) is 3.35. The Morgan fingerprint density at radius 1 is 0.944 bits per heavy atom. The summed E-state index contributed by atoms with van der Waals surface area (Å²) in [4.78, 5) is 0. The number of piperidine rings is 1. The van der Waals surface area contributed by atoms with E-state index in [2.05, 4.69) is 5.32 Å². The van der Waals surface area contributed by atoms with Gasteiger partial charge in [-0.15, -0.1) is 0 Å². The molecule has 1 N–H and O–H groups in total. The zero-order valence-electron chi connectivity index (χ0n) is 11.4. The van der Waals surface area contributed by atoms with Crippen LogP contribution in [0.15, 0.2) is 0 Å². The molecular weight excluding hydrogens is 222 g/mol. The number of nitrogens with one attached hydrogen (secondary N) is 1. The van der Waals surface area contributed by atoms with Crippen LogP contribution in [0.1, 0.15) is 44.9 Å². The molecule has 1 aliphatic heterocycles. The molecule has 5 aliphatic rings. The maximum Gasteiger partial charge on any atom is 0.0700 e. The molecule has 2 nitrogen and oxygen atoms in total. The summed E-state index contributed by atoms with van der Waals surface area (Å²) >= 11 is 0. The van der Waals surface area contributed by atoms with Gasteiger partial charge in [0.25, 0.3) is 0 Å². The Kier molecular flexibility index (Phi) is 3.12. The van der Waals surface area contributed by atoms with Crippen molar-refractivity contribution in [2.75, 3.05) is 19.7 Å². The molecule has 0 spiro atoms. The third-order valence-corrected chi connectivity index (χ3v) is 6.20. The van der Waals surface area contributed by atoms with E-state index in [0.29, 0.717) is 6.10 Å². The molecule has 2 heteroatoms. The summed E-state index contributed by atoms with van der Waals surface area (Å²) < 4.78 is 6.25. The standard InChI is InChI=1S/C16H27NO/c1-2-15(9-17-3-1)18-10-16-13-5-11-4-12(7-13)8-14(16)6-11/h11-17H,1-10H2. The van der Waals surface area contributed by atoms with Gasteiger partial charge in [0.15, 0.2) is 0 Å². The van der Waals surface area contributed by atoms with Crippen LogP contribution in [0.2, 0.25) is 0 Å². The highest BCUT2D eigenvalue weighted by molar-refractivity contribution is 4.98. The van der Waals surface area contributed by atoms with E-state index >= 15 is 0 Å². The Hall–Kier alpha value is -0.0800. The second-order valence-electron chi connectivity index (χ2n) is 7.40. The van der Waals surface area contributed by atoms with Crippen molar-refractivity contribution in [3.8, 4) is 0 Å². The first-order valence-corrected chi connectivity index (χ1v) is 8.21. The molecule has 18 heavy (non-hydrogen) atoms. The highest BCUT2D eigenvalue weighted by Gasteiger charge is 2.48. The van der Waals surface area contributed by atoms with Crippen molar-refractivity contribution in [1.29, 1.82) is 0 Å². The third-order valence-electron chi connectivity index (χ3n) is 6.20. The summed E-state index contributed by atoms with van der Waals surface area (Å²) in [5, 5.41) is 3.46. The molecule has 1 atom stereocenters. The first-order chi connectivity index (χ1) is 8.88. The first kappa shape index (κ1) is 11.7. The quantitative estimate of drug-likeness (QED) is 0.830. The Balaban J connectivity index is 1.34. The monoisotopic (exact) mass is 249 g/mol.